The number of benzene rings is 2. The van der Waals surface area contributed by atoms with Crippen LogP contribution in [-0.4, -0.2) is 58.5 Å². The van der Waals surface area contributed by atoms with Crippen molar-refractivity contribution in [1.29, 1.82) is 0 Å². The minimum absolute atomic E-state index is 0.206. The highest BCUT2D eigenvalue weighted by atomic mass is 16.4. The van der Waals surface area contributed by atoms with Crippen molar-refractivity contribution in [3.05, 3.63) is 72.4 Å². The average molecular weight is 535 g/mol. The molecule has 0 bridgehead atoms. The number of pyridine rings is 1. The van der Waals surface area contributed by atoms with Gasteiger partial charge in [-0.1, -0.05) is 48.5 Å². The number of para-hydroxylation sites is 1. The molecule has 3 rings (SSSR count). The van der Waals surface area contributed by atoms with Gasteiger partial charge in [-0.05, 0) is 49.9 Å². The first-order chi connectivity index (χ1) is 18.8. The van der Waals surface area contributed by atoms with Gasteiger partial charge < -0.3 is 32.5 Å². The monoisotopic (exact) mass is 534 g/mol. The smallest absolute Gasteiger partial charge is 0.321 e. The third-order valence-corrected chi connectivity index (χ3v) is 6.13. The molecule has 0 aliphatic heterocycles. The number of rotatable bonds is 14. The summed E-state index contributed by atoms with van der Waals surface area (Å²) in [5.74, 6) is -3.03. The molecule has 11 nitrogen and oxygen atoms in total. The van der Waals surface area contributed by atoms with Crippen LogP contribution in [0, 0.1) is 0 Å². The van der Waals surface area contributed by atoms with Crippen LogP contribution >= 0.6 is 0 Å². The first kappa shape index (κ1) is 29.2. The summed E-state index contributed by atoms with van der Waals surface area (Å²) in [6.45, 7) is 0.279. The van der Waals surface area contributed by atoms with Gasteiger partial charge in [-0.3, -0.25) is 24.2 Å². The summed E-state index contributed by atoms with van der Waals surface area (Å²) in [6.07, 6.45) is 2.50. The highest BCUT2D eigenvalue weighted by Crippen LogP contribution is 2.17. The normalized spacial score (nSPS) is 13.2. The van der Waals surface area contributed by atoms with E-state index in [0.29, 0.717) is 24.9 Å². The molecule has 39 heavy (non-hydrogen) atoms. The van der Waals surface area contributed by atoms with Gasteiger partial charge in [0.15, 0.2) is 0 Å². The Morgan fingerprint density at radius 2 is 1.59 bits per heavy atom. The molecular formula is C28H34N6O5. The summed E-state index contributed by atoms with van der Waals surface area (Å²) >= 11 is 0. The highest BCUT2D eigenvalue weighted by molar-refractivity contribution is 5.99. The lowest BCUT2D eigenvalue weighted by atomic mass is 10.0. The van der Waals surface area contributed by atoms with Gasteiger partial charge in [-0.2, -0.15) is 0 Å². The van der Waals surface area contributed by atoms with E-state index in [9.17, 15) is 19.2 Å². The van der Waals surface area contributed by atoms with Crippen LogP contribution in [0.15, 0.2) is 66.9 Å². The molecule has 11 heteroatoms. The molecule has 3 atom stereocenters. The van der Waals surface area contributed by atoms with E-state index in [4.69, 9.17) is 16.6 Å². The van der Waals surface area contributed by atoms with E-state index in [1.807, 2.05) is 54.6 Å². The molecule has 0 saturated heterocycles. The molecule has 0 spiro atoms. The highest BCUT2D eigenvalue weighted by Gasteiger charge is 2.28. The zero-order valence-corrected chi connectivity index (χ0v) is 21.5. The summed E-state index contributed by atoms with van der Waals surface area (Å²) in [5.41, 5.74) is 13.3. The lowest BCUT2D eigenvalue weighted by molar-refractivity contribution is -0.140. The van der Waals surface area contributed by atoms with Crippen LogP contribution in [0.1, 0.15) is 31.2 Å². The van der Waals surface area contributed by atoms with E-state index in [1.54, 1.807) is 12.3 Å². The van der Waals surface area contributed by atoms with E-state index in [2.05, 4.69) is 20.9 Å². The zero-order chi connectivity index (χ0) is 28.2. The predicted octanol–water partition coefficient (Wildman–Crippen LogP) is 1.32. The first-order valence-corrected chi connectivity index (χ1v) is 12.7. The number of fused-ring (bicyclic) bond motifs is 1. The van der Waals surface area contributed by atoms with Crippen molar-refractivity contribution in [2.45, 2.75) is 50.2 Å². The van der Waals surface area contributed by atoms with Crippen LogP contribution in [0.2, 0.25) is 0 Å². The number of nitrogens with two attached hydrogens (primary N) is 2. The molecule has 2 unspecified atom stereocenters. The molecule has 3 amide bonds. The van der Waals surface area contributed by atoms with Crippen molar-refractivity contribution in [3.8, 4) is 0 Å². The molecular weight excluding hydrogens is 500 g/mol. The average Bonchev–Trinajstić information content (AvgIpc) is 2.93. The summed E-state index contributed by atoms with van der Waals surface area (Å²) < 4.78 is 0. The Morgan fingerprint density at radius 3 is 2.31 bits per heavy atom. The third-order valence-electron chi connectivity index (χ3n) is 6.13. The first-order valence-electron chi connectivity index (χ1n) is 12.7. The second kappa shape index (κ2) is 14.6. The molecule has 0 aliphatic carbocycles. The van der Waals surface area contributed by atoms with Gasteiger partial charge in [0.2, 0.25) is 17.7 Å². The van der Waals surface area contributed by atoms with Crippen molar-refractivity contribution in [1.82, 2.24) is 15.6 Å². The van der Waals surface area contributed by atoms with Crippen LogP contribution in [-0.2, 0) is 25.6 Å². The number of carbonyl (C=O) groups excluding carboxylic acids is 3. The van der Waals surface area contributed by atoms with Gasteiger partial charge in [-0.15, -0.1) is 0 Å². The predicted molar refractivity (Wildman–Crippen MR) is 148 cm³/mol. The van der Waals surface area contributed by atoms with E-state index < -0.39 is 48.2 Å². The molecule has 2 aromatic carbocycles. The third kappa shape index (κ3) is 9.16. The van der Waals surface area contributed by atoms with Gasteiger partial charge in [0, 0.05) is 5.39 Å². The van der Waals surface area contributed by atoms with E-state index in [0.717, 1.165) is 16.5 Å². The number of hydrogen-bond acceptors (Lipinski definition) is 7. The zero-order valence-electron chi connectivity index (χ0n) is 21.5. The van der Waals surface area contributed by atoms with Crippen LogP contribution < -0.4 is 27.4 Å². The molecule has 206 valence electrons. The quantitative estimate of drug-likeness (QED) is 0.178. The Kier molecular flexibility index (Phi) is 10.9. The topological polar surface area (TPSA) is 190 Å². The maximum absolute atomic E-state index is 13.3. The Labute approximate surface area is 226 Å². The van der Waals surface area contributed by atoms with Gasteiger partial charge in [0.05, 0.1) is 23.8 Å². The fourth-order valence-electron chi connectivity index (χ4n) is 4.00. The maximum atomic E-state index is 13.3. The lowest BCUT2D eigenvalue weighted by Crippen LogP contribution is -2.53. The molecule has 8 N–H and O–H groups in total. The standard InChI is InChI=1S/C28H34N6O5/c29-14-6-11-23(33-25(35)16-21(30)28(38)39)27(37)34-24(13-12-18-7-2-1-3-8-18)26(36)32-20-15-19-9-4-5-10-22(19)31-17-20/h1-5,7-10,15,17,21,23-24H,6,11-14,16,29-30H2,(H,32,36)(H,33,35)(H,34,37)(H,38,39)/t21?,23?,24-/m0/s1. The van der Waals surface area contributed by atoms with Gasteiger partial charge in [0.1, 0.15) is 18.1 Å². The number of aryl methyl sites for hydroxylation is 1. The number of aliphatic carboxylic acids is 1. The Hall–Kier alpha value is -4.35. The number of hydrogen-bond donors (Lipinski definition) is 6. The minimum atomic E-state index is -1.40. The fourth-order valence-corrected chi connectivity index (χ4v) is 4.00. The van der Waals surface area contributed by atoms with E-state index in [1.165, 1.54) is 0 Å². The molecule has 0 fully saturated rings. The van der Waals surface area contributed by atoms with E-state index in [-0.39, 0.29) is 13.0 Å². The SMILES string of the molecule is NCCCC(NC(=O)CC(N)C(=O)O)C(=O)N[C@@H](CCc1ccccc1)C(=O)Nc1cnc2ccccc2c1. The summed E-state index contributed by atoms with van der Waals surface area (Å²) in [6, 6.07) is 15.5. The Morgan fingerprint density at radius 1 is 0.897 bits per heavy atom. The van der Waals surface area contributed by atoms with Crippen molar-refractivity contribution >= 4 is 40.3 Å². The second-order valence-corrected chi connectivity index (χ2v) is 9.19. The van der Waals surface area contributed by atoms with Crippen molar-refractivity contribution in [3.63, 3.8) is 0 Å². The lowest BCUT2D eigenvalue weighted by Gasteiger charge is -2.23. The number of carboxylic acids is 1. The molecule has 0 radical (unpaired) electrons. The van der Waals surface area contributed by atoms with Crippen molar-refractivity contribution in [2.75, 3.05) is 11.9 Å². The number of nitrogens with one attached hydrogen (secondary N) is 3. The van der Waals surface area contributed by atoms with Crippen LogP contribution in [0.5, 0.6) is 0 Å². The molecule has 1 aromatic heterocycles. The van der Waals surface area contributed by atoms with Crippen LogP contribution in [0.3, 0.4) is 0 Å². The van der Waals surface area contributed by atoms with E-state index >= 15 is 0 Å². The maximum Gasteiger partial charge on any atom is 0.321 e. The minimum Gasteiger partial charge on any atom is -0.480 e. The van der Waals surface area contributed by atoms with Gasteiger partial charge in [-0.25, -0.2) is 0 Å². The number of anilines is 1. The van der Waals surface area contributed by atoms with Crippen LogP contribution in [0.25, 0.3) is 10.9 Å². The summed E-state index contributed by atoms with van der Waals surface area (Å²) in [5, 5.41) is 18.0. The van der Waals surface area contributed by atoms with Gasteiger partial charge >= 0.3 is 5.97 Å². The Balaban J connectivity index is 1.75. The molecule has 0 aliphatic rings. The molecule has 3 aromatic rings. The summed E-state index contributed by atoms with van der Waals surface area (Å²) in [7, 11) is 0. The summed E-state index contributed by atoms with van der Waals surface area (Å²) in [4.78, 5) is 54.3. The number of carboxylic acid groups (broad SMARTS) is 1. The number of amides is 3. The molecule has 1 heterocycles. The molecule has 0 saturated carbocycles. The number of nitrogens with zero attached hydrogens (tertiary/aromatic N) is 1. The van der Waals surface area contributed by atoms with Crippen LogP contribution in [0.4, 0.5) is 5.69 Å². The number of carbonyl (C=O) groups is 4. The largest absolute Gasteiger partial charge is 0.480 e. The Bertz CT molecular complexity index is 1290. The number of aromatic nitrogens is 1. The fraction of sp³-hybridized carbons (Fsp3) is 0.321. The second-order valence-electron chi connectivity index (χ2n) is 9.19. The van der Waals surface area contributed by atoms with Gasteiger partial charge in [0.25, 0.3) is 0 Å². The van der Waals surface area contributed by atoms with Crippen molar-refractivity contribution < 1.29 is 24.3 Å². The van der Waals surface area contributed by atoms with Crippen molar-refractivity contribution in [2.24, 2.45) is 11.5 Å².